The molecule has 1 saturated heterocycles. The predicted molar refractivity (Wildman–Crippen MR) is 181 cm³/mol. The number of hydrogen-bond donors (Lipinski definition) is 1. The Labute approximate surface area is 274 Å². The highest BCUT2D eigenvalue weighted by atomic mass is 19.1. The van der Waals surface area contributed by atoms with Gasteiger partial charge in [-0.2, -0.15) is 0 Å². The number of benzene rings is 1. The van der Waals surface area contributed by atoms with Gasteiger partial charge in [-0.1, -0.05) is 88.1 Å². The van der Waals surface area contributed by atoms with Crippen molar-refractivity contribution in [2.45, 2.75) is 84.6 Å². The van der Waals surface area contributed by atoms with Crippen LogP contribution < -0.4 is 5.32 Å². The summed E-state index contributed by atoms with van der Waals surface area (Å²) in [5.74, 6) is -0.665. The van der Waals surface area contributed by atoms with Gasteiger partial charge in [-0.15, -0.1) is 0 Å². The van der Waals surface area contributed by atoms with Gasteiger partial charge in [0.05, 0.1) is 19.3 Å². The van der Waals surface area contributed by atoms with E-state index in [9.17, 15) is 14.4 Å². The summed E-state index contributed by atoms with van der Waals surface area (Å²) in [4.78, 5) is 34.1. The number of hydrogen-bond acceptors (Lipinski definition) is 6. The Balaban J connectivity index is 0.000000521. The minimum Gasteiger partial charge on any atom is -0.469 e. The Bertz CT molecular complexity index is 1310. The molecular weight excluding hydrogens is 585 g/mol. The van der Waals surface area contributed by atoms with Crippen LogP contribution in [0.2, 0.25) is 0 Å². The Morgan fingerprint density at radius 1 is 1.22 bits per heavy atom. The third-order valence-electron chi connectivity index (χ3n) is 8.11. The van der Waals surface area contributed by atoms with Crippen molar-refractivity contribution in [1.82, 2.24) is 5.32 Å². The number of aryl methyl sites for hydroxylation is 1. The smallest absolute Gasteiger partial charge is 0.305 e. The number of allylic oxidation sites excluding steroid dienone is 7. The number of carbonyl (C=O) groups excluding carboxylic acids is 3. The van der Waals surface area contributed by atoms with Gasteiger partial charge < -0.3 is 19.5 Å². The first-order valence-electron chi connectivity index (χ1n) is 16.1. The summed E-state index contributed by atoms with van der Waals surface area (Å²) in [6.45, 7) is 14.1. The van der Waals surface area contributed by atoms with Crippen LogP contribution >= 0.6 is 0 Å². The summed E-state index contributed by atoms with van der Waals surface area (Å²) in [5, 5.41) is 3.18. The van der Waals surface area contributed by atoms with E-state index < -0.39 is 5.54 Å². The van der Waals surface area contributed by atoms with E-state index >= 15 is 4.39 Å². The normalized spacial score (nSPS) is 20.3. The van der Waals surface area contributed by atoms with E-state index in [1.807, 2.05) is 67.6 Å². The predicted octanol–water partition coefficient (Wildman–Crippen LogP) is 7.64. The average molecular weight is 638 g/mol. The summed E-state index contributed by atoms with van der Waals surface area (Å²) in [6.07, 6.45) is 15.0. The van der Waals surface area contributed by atoms with Gasteiger partial charge in [-0.25, -0.2) is 4.39 Å². The molecule has 1 aliphatic carbocycles. The van der Waals surface area contributed by atoms with E-state index in [2.05, 4.69) is 32.7 Å². The molecule has 0 saturated carbocycles. The van der Waals surface area contributed by atoms with Crippen LogP contribution in [-0.4, -0.2) is 50.3 Å². The van der Waals surface area contributed by atoms with E-state index in [1.54, 1.807) is 0 Å². The molecule has 252 valence electrons. The molecule has 2 aliphatic rings. The fourth-order valence-corrected chi connectivity index (χ4v) is 5.86. The lowest BCUT2D eigenvalue weighted by Gasteiger charge is -2.44. The summed E-state index contributed by atoms with van der Waals surface area (Å²) < 4.78 is 31.0. The monoisotopic (exact) mass is 637 g/mol. The molecule has 3 unspecified atom stereocenters. The minimum atomic E-state index is -0.497. The molecule has 1 aliphatic heterocycles. The van der Waals surface area contributed by atoms with Gasteiger partial charge in [0.25, 0.3) is 0 Å². The van der Waals surface area contributed by atoms with Crippen LogP contribution in [-0.2, 0) is 35.0 Å². The van der Waals surface area contributed by atoms with Crippen molar-refractivity contribution in [2.24, 2.45) is 11.8 Å². The van der Waals surface area contributed by atoms with Crippen LogP contribution in [0.3, 0.4) is 0 Å². The van der Waals surface area contributed by atoms with Gasteiger partial charge in [0, 0.05) is 19.3 Å². The van der Waals surface area contributed by atoms with Gasteiger partial charge in [0.15, 0.2) is 0 Å². The second kappa shape index (κ2) is 19.7. The Kier molecular flexibility index (Phi) is 16.4. The first-order valence-corrected chi connectivity index (χ1v) is 16.1. The fourth-order valence-electron chi connectivity index (χ4n) is 5.86. The van der Waals surface area contributed by atoms with E-state index in [-0.39, 0.29) is 48.7 Å². The number of esters is 2. The zero-order valence-corrected chi connectivity index (χ0v) is 28.4. The van der Waals surface area contributed by atoms with Gasteiger partial charge in [0.1, 0.15) is 19.0 Å². The molecule has 1 aromatic carbocycles. The molecule has 1 aromatic rings. The minimum absolute atomic E-state index is 0.0126. The first kappa shape index (κ1) is 38.4. The van der Waals surface area contributed by atoms with Crippen molar-refractivity contribution in [3.63, 3.8) is 0 Å². The zero-order chi connectivity index (χ0) is 34.1. The highest BCUT2D eigenvalue weighted by molar-refractivity contribution is 5.78. The molecule has 0 bridgehead atoms. The Morgan fingerprint density at radius 3 is 2.61 bits per heavy atom. The maximum atomic E-state index is 15.9. The maximum absolute atomic E-state index is 15.9. The third-order valence-corrected chi connectivity index (χ3v) is 8.11. The standard InChI is InChI=1S/C28H38FNO4.C10H14O2/c1-19(2)16-28(18-34-17-25(31)30-28)20(3)15-22-11-7-13-24(27(22)29)23-12-6-5-9-21(23)10-8-14-26(32)33-4;1-4-5-6-7-9(2)8-12-10(3)11/h5-7,9,11-12,19-20,24H,8,10,13-18H2,1-4H3,(H,30,31);4-7H,2,8H2,1,3H3/b;5-4-,7-6-. The van der Waals surface area contributed by atoms with Crippen LogP contribution in [0.25, 0.3) is 0 Å². The number of morpholine rings is 1. The van der Waals surface area contributed by atoms with E-state index in [4.69, 9.17) is 14.2 Å². The van der Waals surface area contributed by atoms with Gasteiger partial charge in [0.2, 0.25) is 5.91 Å². The van der Waals surface area contributed by atoms with Crippen LogP contribution in [0.1, 0.15) is 83.8 Å². The topological polar surface area (TPSA) is 90.9 Å². The van der Waals surface area contributed by atoms with Crippen molar-refractivity contribution in [1.29, 1.82) is 0 Å². The van der Waals surface area contributed by atoms with Gasteiger partial charge >= 0.3 is 11.9 Å². The molecule has 7 nitrogen and oxygen atoms in total. The molecule has 3 atom stereocenters. The molecule has 1 fully saturated rings. The number of carbonyl (C=O) groups is 3. The molecular formula is C38H52FNO6. The number of nitrogens with one attached hydrogen (secondary N) is 1. The van der Waals surface area contributed by atoms with Crippen molar-refractivity contribution in [2.75, 3.05) is 26.9 Å². The lowest BCUT2D eigenvalue weighted by molar-refractivity contribution is -0.141. The van der Waals surface area contributed by atoms with E-state index in [1.165, 1.54) is 14.0 Å². The molecule has 3 rings (SSSR count). The Morgan fingerprint density at radius 2 is 1.96 bits per heavy atom. The summed E-state index contributed by atoms with van der Waals surface area (Å²) in [5.41, 5.74) is 3.02. The molecule has 0 aromatic heterocycles. The molecule has 1 heterocycles. The number of ether oxygens (including phenoxy) is 3. The molecule has 8 heteroatoms. The molecule has 0 radical (unpaired) electrons. The first-order chi connectivity index (χ1) is 21.9. The van der Waals surface area contributed by atoms with Crippen LogP contribution in [0.15, 0.2) is 84.3 Å². The van der Waals surface area contributed by atoms with Crippen molar-refractivity contribution < 1.29 is 33.0 Å². The van der Waals surface area contributed by atoms with Gasteiger partial charge in [-0.3, -0.25) is 14.4 Å². The van der Waals surface area contributed by atoms with Crippen molar-refractivity contribution >= 4 is 17.8 Å². The van der Waals surface area contributed by atoms with Crippen LogP contribution in [0, 0.1) is 11.8 Å². The molecule has 1 amide bonds. The van der Waals surface area contributed by atoms with Crippen LogP contribution in [0.4, 0.5) is 4.39 Å². The lowest BCUT2D eigenvalue weighted by atomic mass is 9.74. The van der Waals surface area contributed by atoms with Crippen molar-refractivity contribution in [3.05, 3.63) is 95.4 Å². The molecule has 46 heavy (non-hydrogen) atoms. The van der Waals surface area contributed by atoms with E-state index in [0.717, 1.165) is 23.1 Å². The number of methoxy groups -OCH3 is 1. The highest BCUT2D eigenvalue weighted by Crippen LogP contribution is 2.41. The highest BCUT2D eigenvalue weighted by Gasteiger charge is 2.42. The maximum Gasteiger partial charge on any atom is 0.305 e. The quantitative estimate of drug-likeness (QED) is 0.167. The summed E-state index contributed by atoms with van der Waals surface area (Å²) in [6, 6.07) is 7.92. The molecule has 1 N–H and O–H groups in total. The lowest BCUT2D eigenvalue weighted by Crippen LogP contribution is -2.61. The zero-order valence-electron chi connectivity index (χ0n) is 28.4. The third kappa shape index (κ3) is 12.5. The number of amides is 1. The fraction of sp³-hybridized carbons (Fsp3) is 0.500. The average Bonchev–Trinajstić information content (AvgIpc) is 3.01. The second-order valence-corrected chi connectivity index (χ2v) is 12.4. The molecule has 0 spiro atoms. The number of rotatable bonds is 14. The van der Waals surface area contributed by atoms with Crippen molar-refractivity contribution in [3.8, 4) is 0 Å². The summed E-state index contributed by atoms with van der Waals surface area (Å²) in [7, 11) is 1.39. The SMILES string of the molecule is C=C(/C=C\C=C/C)COC(C)=O.COC(=O)CCCc1ccccc1C1CC=CC(CC(C)C2(CC(C)C)COCC(=O)N2)=C1F. The van der Waals surface area contributed by atoms with E-state index in [0.29, 0.717) is 50.2 Å². The van der Waals surface area contributed by atoms with Crippen LogP contribution in [0.5, 0.6) is 0 Å². The number of halogens is 1. The summed E-state index contributed by atoms with van der Waals surface area (Å²) >= 11 is 0. The largest absolute Gasteiger partial charge is 0.469 e. The van der Waals surface area contributed by atoms with Gasteiger partial charge in [-0.05, 0) is 73.1 Å². The Hall–Kier alpha value is -3.78. The second-order valence-electron chi connectivity index (χ2n) is 12.4.